The van der Waals surface area contributed by atoms with Crippen molar-refractivity contribution >= 4 is 11.4 Å². The summed E-state index contributed by atoms with van der Waals surface area (Å²) in [6.45, 7) is 3.30. The molecule has 106 valence electrons. The van der Waals surface area contributed by atoms with E-state index in [0.717, 1.165) is 24.2 Å². The highest BCUT2D eigenvalue weighted by Gasteiger charge is 2.38. The molecule has 1 N–H and O–H groups in total. The molecule has 4 heteroatoms. The fourth-order valence-corrected chi connectivity index (χ4v) is 3.57. The van der Waals surface area contributed by atoms with E-state index in [9.17, 15) is 4.79 Å². The maximum Gasteiger partial charge on any atom is 0.253 e. The lowest BCUT2D eigenvalue weighted by Gasteiger charge is -2.23. The van der Waals surface area contributed by atoms with Crippen molar-refractivity contribution in [3.05, 3.63) is 41.7 Å². The number of piperidine rings is 1. The molecule has 2 aliphatic heterocycles. The summed E-state index contributed by atoms with van der Waals surface area (Å²) in [6, 6.07) is 5.95. The first-order chi connectivity index (χ1) is 10.2. The average molecular weight is 279 g/mol. The van der Waals surface area contributed by atoms with Gasteiger partial charge in [-0.1, -0.05) is 5.92 Å². The van der Waals surface area contributed by atoms with E-state index in [1.54, 1.807) is 0 Å². The minimum Gasteiger partial charge on any atom is -0.348 e. The van der Waals surface area contributed by atoms with Gasteiger partial charge in [0.15, 0.2) is 0 Å². The fraction of sp³-hybridized carbons (Fsp3) is 0.353. The van der Waals surface area contributed by atoms with E-state index in [1.807, 2.05) is 35.0 Å². The van der Waals surface area contributed by atoms with Gasteiger partial charge in [-0.25, -0.2) is 0 Å². The van der Waals surface area contributed by atoms with Gasteiger partial charge >= 0.3 is 0 Å². The number of terminal acetylenes is 1. The van der Waals surface area contributed by atoms with Crippen LogP contribution in [-0.2, 0) is 0 Å². The van der Waals surface area contributed by atoms with Gasteiger partial charge in [0.1, 0.15) is 0 Å². The summed E-state index contributed by atoms with van der Waals surface area (Å²) < 4.78 is 1.91. The van der Waals surface area contributed by atoms with Crippen LogP contribution in [0.4, 0.5) is 0 Å². The second kappa shape index (κ2) is 4.64. The van der Waals surface area contributed by atoms with Gasteiger partial charge in [-0.2, -0.15) is 0 Å². The van der Waals surface area contributed by atoms with Crippen LogP contribution < -0.4 is 5.32 Å². The van der Waals surface area contributed by atoms with Crippen LogP contribution in [0.3, 0.4) is 0 Å². The predicted octanol–water partition coefficient (Wildman–Crippen LogP) is 1.35. The number of carbonyl (C=O) groups is 1. The van der Waals surface area contributed by atoms with Gasteiger partial charge in [0, 0.05) is 37.1 Å². The molecule has 2 aliphatic rings. The Morgan fingerprint density at radius 3 is 2.95 bits per heavy atom. The topological polar surface area (TPSA) is 36.8 Å². The number of nitrogens with zero attached hydrogens (tertiary/aromatic N) is 2. The van der Waals surface area contributed by atoms with Crippen LogP contribution in [0.25, 0.3) is 5.52 Å². The molecule has 4 rings (SSSR count). The van der Waals surface area contributed by atoms with Gasteiger partial charge in [0.2, 0.25) is 0 Å². The van der Waals surface area contributed by atoms with E-state index in [-0.39, 0.29) is 5.91 Å². The predicted molar refractivity (Wildman–Crippen MR) is 81.1 cm³/mol. The molecule has 2 bridgehead atoms. The van der Waals surface area contributed by atoms with Crippen molar-refractivity contribution in [2.24, 2.45) is 5.92 Å². The van der Waals surface area contributed by atoms with Crippen molar-refractivity contribution in [3.63, 3.8) is 0 Å². The maximum absolute atomic E-state index is 12.4. The molecule has 0 spiro atoms. The third kappa shape index (κ3) is 2.01. The number of nitrogens with one attached hydrogen (secondary N) is 1. The highest BCUT2D eigenvalue weighted by atomic mass is 16.1. The van der Waals surface area contributed by atoms with Gasteiger partial charge in [0.25, 0.3) is 5.91 Å². The summed E-state index contributed by atoms with van der Waals surface area (Å²) in [5, 5.41) is 3.18. The molecule has 0 aromatic carbocycles. The zero-order valence-corrected chi connectivity index (χ0v) is 11.7. The molecular weight excluding hydrogens is 262 g/mol. The zero-order chi connectivity index (χ0) is 14.4. The smallest absolute Gasteiger partial charge is 0.253 e. The number of fused-ring (bicyclic) bond motifs is 3. The van der Waals surface area contributed by atoms with Gasteiger partial charge in [-0.3, -0.25) is 4.79 Å². The van der Waals surface area contributed by atoms with Gasteiger partial charge in [0.05, 0.1) is 11.1 Å². The molecule has 0 aliphatic carbocycles. The molecule has 1 amide bonds. The third-order valence-electron chi connectivity index (χ3n) is 4.72. The van der Waals surface area contributed by atoms with Crippen molar-refractivity contribution in [2.75, 3.05) is 19.6 Å². The Labute approximate surface area is 123 Å². The second-order valence-electron chi connectivity index (χ2n) is 5.97. The Bertz CT molecular complexity index is 755. The number of aromatic nitrogens is 1. The SMILES string of the molecule is C#Cc1ccn2cc(C(=O)NC3CN4CC[C@@H]3C4)ccc12. The van der Waals surface area contributed by atoms with E-state index in [1.165, 1.54) is 13.0 Å². The van der Waals surface area contributed by atoms with Crippen LogP contribution in [0.5, 0.6) is 0 Å². The standard InChI is InChI=1S/C17H17N3O/c1-2-12-6-8-20-10-14(3-4-16(12)20)17(21)18-15-11-19-7-5-13(15)9-19/h1,3-4,6,8,10,13,15H,5,7,9,11H2,(H,18,21)/t13-,15?/m1/s1. The lowest BCUT2D eigenvalue weighted by molar-refractivity contribution is 0.0924. The first-order valence-electron chi connectivity index (χ1n) is 7.35. The summed E-state index contributed by atoms with van der Waals surface area (Å²) >= 11 is 0. The van der Waals surface area contributed by atoms with Crippen molar-refractivity contribution < 1.29 is 4.79 Å². The minimum atomic E-state index is 0.00612. The Morgan fingerprint density at radius 1 is 1.33 bits per heavy atom. The lowest BCUT2D eigenvalue weighted by Crippen LogP contribution is -2.43. The Balaban J connectivity index is 1.55. The summed E-state index contributed by atoms with van der Waals surface area (Å²) in [7, 11) is 0. The minimum absolute atomic E-state index is 0.00612. The number of amides is 1. The van der Waals surface area contributed by atoms with E-state index in [2.05, 4.69) is 16.1 Å². The molecular formula is C17H17N3O. The van der Waals surface area contributed by atoms with E-state index in [0.29, 0.717) is 17.5 Å². The fourth-order valence-electron chi connectivity index (χ4n) is 3.57. The first-order valence-corrected chi connectivity index (χ1v) is 7.35. The summed E-state index contributed by atoms with van der Waals surface area (Å²) in [5.41, 5.74) is 2.49. The van der Waals surface area contributed by atoms with Crippen molar-refractivity contribution in [1.29, 1.82) is 0 Å². The highest BCUT2D eigenvalue weighted by Crippen LogP contribution is 2.27. The molecule has 3 atom stereocenters. The monoisotopic (exact) mass is 279 g/mol. The van der Waals surface area contributed by atoms with Crippen molar-refractivity contribution in [3.8, 4) is 12.3 Å². The van der Waals surface area contributed by atoms with Gasteiger partial charge < -0.3 is 14.6 Å². The second-order valence-corrected chi connectivity index (χ2v) is 5.97. The molecule has 2 aromatic rings. The van der Waals surface area contributed by atoms with E-state index < -0.39 is 0 Å². The molecule has 0 saturated carbocycles. The number of hydrogen-bond acceptors (Lipinski definition) is 2. The van der Waals surface area contributed by atoms with Crippen LogP contribution in [0.1, 0.15) is 22.3 Å². The Morgan fingerprint density at radius 2 is 2.24 bits per heavy atom. The zero-order valence-electron chi connectivity index (χ0n) is 11.7. The van der Waals surface area contributed by atoms with Gasteiger partial charge in [-0.15, -0.1) is 6.42 Å². The van der Waals surface area contributed by atoms with E-state index >= 15 is 0 Å². The molecule has 2 saturated heterocycles. The average Bonchev–Trinajstić information content (AvgIpc) is 3.21. The summed E-state index contributed by atoms with van der Waals surface area (Å²) in [6.07, 6.45) is 10.4. The lowest BCUT2D eigenvalue weighted by atomic mass is 10.00. The normalized spacial score (nSPS) is 26.9. The third-order valence-corrected chi connectivity index (χ3v) is 4.72. The molecule has 2 fully saturated rings. The number of carbonyl (C=O) groups excluding carboxylic acids is 1. The first kappa shape index (κ1) is 12.5. The van der Waals surface area contributed by atoms with Crippen LogP contribution in [-0.4, -0.2) is 40.9 Å². The van der Waals surface area contributed by atoms with Crippen LogP contribution in [0.15, 0.2) is 30.6 Å². The molecule has 2 unspecified atom stereocenters. The largest absolute Gasteiger partial charge is 0.348 e. The molecule has 0 radical (unpaired) electrons. The van der Waals surface area contributed by atoms with Crippen LogP contribution >= 0.6 is 0 Å². The quantitative estimate of drug-likeness (QED) is 0.843. The molecule has 4 nitrogen and oxygen atoms in total. The number of pyridine rings is 1. The highest BCUT2D eigenvalue weighted by molar-refractivity contribution is 5.94. The molecule has 4 heterocycles. The summed E-state index contributed by atoms with van der Waals surface area (Å²) in [5.74, 6) is 3.28. The molecule has 21 heavy (non-hydrogen) atoms. The Kier molecular flexibility index (Phi) is 2.76. The molecule has 2 aromatic heterocycles. The number of rotatable bonds is 2. The van der Waals surface area contributed by atoms with Gasteiger partial charge in [-0.05, 0) is 37.1 Å². The maximum atomic E-state index is 12.4. The van der Waals surface area contributed by atoms with Crippen LogP contribution in [0, 0.1) is 18.3 Å². The van der Waals surface area contributed by atoms with Crippen molar-refractivity contribution in [1.82, 2.24) is 14.6 Å². The summed E-state index contributed by atoms with van der Waals surface area (Å²) in [4.78, 5) is 14.8. The van der Waals surface area contributed by atoms with Crippen molar-refractivity contribution in [2.45, 2.75) is 12.5 Å². The van der Waals surface area contributed by atoms with E-state index in [4.69, 9.17) is 6.42 Å². The number of hydrogen-bond donors (Lipinski definition) is 1. The Hall–Kier alpha value is -2.25. The van der Waals surface area contributed by atoms with Crippen LogP contribution in [0.2, 0.25) is 0 Å².